The number of phosphoric acid groups is 1. The molecule has 1 aromatic carbocycles. The summed E-state index contributed by atoms with van der Waals surface area (Å²) in [5.41, 5.74) is -2.93. The fourth-order valence-corrected chi connectivity index (χ4v) is 6.58. The van der Waals surface area contributed by atoms with Gasteiger partial charge in [0.2, 0.25) is 0 Å². The van der Waals surface area contributed by atoms with E-state index in [0.717, 1.165) is 25.3 Å². The molecule has 7 nitrogen and oxygen atoms in total. The summed E-state index contributed by atoms with van der Waals surface area (Å²) in [5, 5.41) is 0. The fourth-order valence-electron chi connectivity index (χ4n) is 4.70. The second kappa shape index (κ2) is 15.1. The van der Waals surface area contributed by atoms with Gasteiger partial charge in [0.1, 0.15) is 17.9 Å². The SMILES string of the molecule is CC1=NC(CCc2ccc(OCC[C@H](C)CCCC(C)C)c(C(F)(F)F)c2)(COP(=O)(OC(C)(C)C)OC(C)(C)C)CO1. The highest BCUT2D eigenvalue weighted by Crippen LogP contribution is 2.56. The van der Waals surface area contributed by atoms with Gasteiger partial charge in [-0.25, -0.2) is 9.56 Å². The molecular formula is C32H53F3NO6P. The monoisotopic (exact) mass is 635 g/mol. The van der Waals surface area contributed by atoms with E-state index in [1.165, 1.54) is 6.07 Å². The number of halogens is 3. The molecule has 11 heteroatoms. The van der Waals surface area contributed by atoms with Crippen molar-refractivity contribution >= 4 is 13.7 Å². The summed E-state index contributed by atoms with van der Waals surface area (Å²) in [5.74, 6) is 1.27. The third-order valence-electron chi connectivity index (χ3n) is 6.78. The van der Waals surface area contributed by atoms with E-state index in [-0.39, 0.29) is 32.0 Å². The Bertz CT molecular complexity index is 1090. The maximum absolute atomic E-state index is 14.0. The first kappa shape index (κ1) is 37.6. The third kappa shape index (κ3) is 13.9. The molecule has 0 saturated heterocycles. The molecule has 0 aliphatic carbocycles. The van der Waals surface area contributed by atoms with Crippen LogP contribution in [0.4, 0.5) is 13.2 Å². The minimum absolute atomic E-state index is 0.131. The molecule has 0 bridgehead atoms. The van der Waals surface area contributed by atoms with E-state index in [0.29, 0.717) is 36.1 Å². The Morgan fingerprint density at radius 3 is 2.14 bits per heavy atom. The van der Waals surface area contributed by atoms with Crippen molar-refractivity contribution in [2.45, 2.75) is 131 Å². The summed E-state index contributed by atoms with van der Waals surface area (Å²) in [6, 6.07) is 4.18. The summed E-state index contributed by atoms with van der Waals surface area (Å²) in [7, 11) is -4.03. The van der Waals surface area contributed by atoms with Gasteiger partial charge in [-0.05, 0) is 90.3 Å². The van der Waals surface area contributed by atoms with Crippen molar-refractivity contribution < 1.29 is 40.8 Å². The van der Waals surface area contributed by atoms with Crippen LogP contribution in [0.3, 0.4) is 0 Å². The molecule has 1 aromatic rings. The lowest BCUT2D eigenvalue weighted by Crippen LogP contribution is -2.36. The number of rotatable bonds is 16. The molecule has 1 aliphatic heterocycles. The van der Waals surface area contributed by atoms with Crippen molar-refractivity contribution in [3.63, 3.8) is 0 Å². The molecule has 2 rings (SSSR count). The number of phosphoric ester groups is 1. The maximum atomic E-state index is 14.0. The molecule has 2 atom stereocenters. The zero-order chi connectivity index (χ0) is 32.7. The molecule has 43 heavy (non-hydrogen) atoms. The number of hydrogen-bond donors (Lipinski definition) is 0. The van der Waals surface area contributed by atoms with E-state index in [1.54, 1.807) is 54.5 Å². The van der Waals surface area contributed by atoms with Crippen LogP contribution in [-0.4, -0.2) is 42.5 Å². The van der Waals surface area contributed by atoms with Crippen LogP contribution in [0, 0.1) is 11.8 Å². The first-order valence-corrected chi connectivity index (χ1v) is 16.7. The predicted octanol–water partition coefficient (Wildman–Crippen LogP) is 9.81. The first-order valence-electron chi connectivity index (χ1n) is 15.3. The van der Waals surface area contributed by atoms with Crippen LogP contribution < -0.4 is 4.74 Å². The largest absolute Gasteiger partial charge is 0.493 e. The van der Waals surface area contributed by atoms with Crippen LogP contribution >= 0.6 is 7.82 Å². The van der Waals surface area contributed by atoms with Crippen LogP contribution in [0.1, 0.15) is 112 Å². The van der Waals surface area contributed by atoms with Gasteiger partial charge in [0.25, 0.3) is 0 Å². The van der Waals surface area contributed by atoms with Gasteiger partial charge in [-0.3, -0.25) is 13.6 Å². The molecule has 0 amide bonds. The van der Waals surface area contributed by atoms with E-state index in [2.05, 4.69) is 25.8 Å². The Kier molecular flexibility index (Phi) is 13.2. The summed E-state index contributed by atoms with van der Waals surface area (Å²) < 4.78 is 84.3. The minimum atomic E-state index is -4.57. The molecule has 0 radical (unpaired) electrons. The Morgan fingerprint density at radius 2 is 1.63 bits per heavy atom. The standard InChI is InChI=1S/C32H53F3NO6P/c1-23(2)12-11-13-24(3)17-19-38-28-15-14-26(20-27(28)32(33,34)35)16-18-31(21-39-25(4)36-31)22-40-43(37,41-29(5,6)7)42-30(8,9)10/h14-15,20,23-24H,11-13,16-19,21-22H2,1-10H3/t24-,31?/m1/s1. The van der Waals surface area contributed by atoms with E-state index in [9.17, 15) is 17.7 Å². The lowest BCUT2D eigenvalue weighted by atomic mass is 9.93. The van der Waals surface area contributed by atoms with Crippen molar-refractivity contribution in [3.05, 3.63) is 29.3 Å². The average Bonchev–Trinajstić information content (AvgIpc) is 3.20. The normalized spacial score (nSPS) is 19.0. The summed E-state index contributed by atoms with van der Waals surface area (Å²) in [6.45, 7) is 18.8. The lowest BCUT2D eigenvalue weighted by molar-refractivity contribution is -0.139. The highest BCUT2D eigenvalue weighted by atomic mass is 31.2. The maximum Gasteiger partial charge on any atom is 0.475 e. The number of aryl methyl sites for hydroxylation is 1. The minimum Gasteiger partial charge on any atom is -0.493 e. The van der Waals surface area contributed by atoms with Gasteiger partial charge in [-0.2, -0.15) is 13.2 Å². The van der Waals surface area contributed by atoms with Gasteiger partial charge < -0.3 is 9.47 Å². The summed E-state index contributed by atoms with van der Waals surface area (Å²) in [4.78, 5) is 4.60. The van der Waals surface area contributed by atoms with Crippen LogP contribution in [0.5, 0.6) is 5.75 Å². The predicted molar refractivity (Wildman–Crippen MR) is 165 cm³/mol. The van der Waals surface area contributed by atoms with Crippen molar-refractivity contribution in [3.8, 4) is 5.75 Å². The van der Waals surface area contributed by atoms with Crippen molar-refractivity contribution in [2.75, 3.05) is 19.8 Å². The Hall–Kier alpha value is -1.61. The second-order valence-electron chi connectivity index (χ2n) is 14.2. The Labute approximate surface area is 256 Å². The smallest absolute Gasteiger partial charge is 0.475 e. The molecule has 0 spiro atoms. The number of hydrogen-bond acceptors (Lipinski definition) is 7. The van der Waals surface area contributed by atoms with E-state index >= 15 is 0 Å². The topological polar surface area (TPSA) is 75.6 Å². The van der Waals surface area contributed by atoms with Gasteiger partial charge in [0.15, 0.2) is 5.90 Å². The van der Waals surface area contributed by atoms with Crippen LogP contribution in [-0.2, 0) is 35.5 Å². The number of ether oxygens (including phenoxy) is 2. The van der Waals surface area contributed by atoms with E-state index in [1.807, 2.05) is 0 Å². The van der Waals surface area contributed by atoms with Gasteiger partial charge in [0, 0.05) is 6.92 Å². The lowest BCUT2D eigenvalue weighted by Gasteiger charge is -2.33. The number of nitrogens with zero attached hydrogens (tertiary/aromatic N) is 1. The molecule has 248 valence electrons. The number of alkyl halides is 3. The molecule has 0 fully saturated rings. The Morgan fingerprint density at radius 1 is 1.00 bits per heavy atom. The van der Waals surface area contributed by atoms with Crippen molar-refractivity contribution in [2.24, 2.45) is 16.8 Å². The number of benzene rings is 1. The van der Waals surface area contributed by atoms with Crippen LogP contribution in [0.2, 0.25) is 0 Å². The van der Waals surface area contributed by atoms with Gasteiger partial charge in [-0.15, -0.1) is 0 Å². The third-order valence-corrected chi connectivity index (χ3v) is 8.77. The second-order valence-corrected chi connectivity index (χ2v) is 15.7. The van der Waals surface area contributed by atoms with Crippen molar-refractivity contribution in [1.82, 2.24) is 0 Å². The fraction of sp³-hybridized carbons (Fsp3) is 0.781. The highest BCUT2D eigenvalue weighted by Gasteiger charge is 2.43. The van der Waals surface area contributed by atoms with Crippen LogP contribution in [0.25, 0.3) is 0 Å². The van der Waals surface area contributed by atoms with Gasteiger partial charge in [0.05, 0.1) is 30.0 Å². The quantitative estimate of drug-likeness (QED) is 0.168. The molecule has 0 aromatic heterocycles. The van der Waals surface area contributed by atoms with E-state index in [4.69, 9.17) is 23.0 Å². The molecule has 0 saturated carbocycles. The highest BCUT2D eigenvalue weighted by molar-refractivity contribution is 7.48. The number of aliphatic imine (C=N–C) groups is 1. The van der Waals surface area contributed by atoms with Gasteiger partial charge >= 0.3 is 14.0 Å². The molecule has 1 heterocycles. The Balaban J connectivity index is 2.14. The molecule has 1 aliphatic rings. The van der Waals surface area contributed by atoms with E-state index < -0.39 is 36.3 Å². The summed E-state index contributed by atoms with van der Waals surface area (Å²) in [6.07, 6.45) is -0.0492. The first-order chi connectivity index (χ1) is 19.6. The van der Waals surface area contributed by atoms with Crippen LogP contribution in [0.15, 0.2) is 23.2 Å². The van der Waals surface area contributed by atoms with Crippen molar-refractivity contribution in [1.29, 1.82) is 0 Å². The zero-order valence-electron chi connectivity index (χ0n) is 27.7. The van der Waals surface area contributed by atoms with Gasteiger partial charge in [-0.1, -0.05) is 46.1 Å². The molecular weight excluding hydrogens is 582 g/mol. The summed E-state index contributed by atoms with van der Waals surface area (Å²) >= 11 is 0. The average molecular weight is 636 g/mol. The molecule has 0 N–H and O–H groups in total. The molecule has 1 unspecified atom stereocenters. The zero-order valence-corrected chi connectivity index (χ0v) is 28.6.